The van der Waals surface area contributed by atoms with Gasteiger partial charge in [-0.25, -0.2) is 9.97 Å². The van der Waals surface area contributed by atoms with Crippen LogP contribution in [0.1, 0.15) is 0 Å². The third-order valence-electron chi connectivity index (χ3n) is 10.5. The molecule has 0 aliphatic rings. The van der Waals surface area contributed by atoms with Crippen molar-refractivity contribution in [2.24, 2.45) is 0 Å². The normalized spacial score (nSPS) is 11.2. The molecule has 0 spiro atoms. The minimum atomic E-state index is 0.917. The first-order valence-electron chi connectivity index (χ1n) is 18.9. The van der Waals surface area contributed by atoms with Crippen molar-refractivity contribution in [2.75, 3.05) is 0 Å². The maximum atomic E-state index is 5.58. The van der Waals surface area contributed by atoms with E-state index in [-0.39, 0.29) is 0 Å². The molecule has 10 aromatic rings. The molecule has 0 aliphatic carbocycles. The van der Waals surface area contributed by atoms with Crippen molar-refractivity contribution < 1.29 is 0 Å². The third-order valence-corrected chi connectivity index (χ3v) is 10.5. The topological polar surface area (TPSA) is 38.7 Å². The van der Waals surface area contributed by atoms with Crippen molar-refractivity contribution in [3.63, 3.8) is 0 Å². The predicted octanol–water partition coefficient (Wildman–Crippen LogP) is 13.8. The highest BCUT2D eigenvalue weighted by Crippen LogP contribution is 2.48. The molecule has 7 aromatic carbocycles. The Kier molecular flexibility index (Phi) is 8.51. The summed E-state index contributed by atoms with van der Waals surface area (Å²) in [6.07, 6.45) is 1.84. The monoisotopic (exact) mass is 713 g/mol. The Balaban J connectivity index is 1.16. The van der Waals surface area contributed by atoms with E-state index in [0.717, 1.165) is 100 Å². The Labute approximate surface area is 326 Å². The number of hydrogen-bond donors (Lipinski definition) is 0. The fraction of sp³-hybridized carbons (Fsp3) is 0. The summed E-state index contributed by atoms with van der Waals surface area (Å²) in [7, 11) is 0. The fourth-order valence-corrected chi connectivity index (χ4v) is 7.83. The molecule has 0 atom stereocenters. The van der Waals surface area contributed by atoms with Crippen LogP contribution in [0.5, 0.6) is 0 Å². The van der Waals surface area contributed by atoms with Gasteiger partial charge in [0.2, 0.25) is 0 Å². The SMILES string of the molecule is c1ccc(-c2nc(-c3ccccc3)c(-c3ccccc3)c(-c3ccc(-c4cccc(-c5ccc6ccc7cccnc7c6n5)c4)cc3)c2-c2ccccc2)cc1. The first kappa shape index (κ1) is 33.1. The minimum Gasteiger partial charge on any atom is -0.254 e. The molecule has 0 saturated carbocycles. The molecule has 0 unspecified atom stereocenters. The van der Waals surface area contributed by atoms with Crippen LogP contribution in [-0.2, 0) is 0 Å². The van der Waals surface area contributed by atoms with E-state index in [4.69, 9.17) is 9.97 Å². The van der Waals surface area contributed by atoms with Gasteiger partial charge in [-0.05, 0) is 46.0 Å². The summed E-state index contributed by atoms with van der Waals surface area (Å²) in [5.41, 5.74) is 16.9. The largest absolute Gasteiger partial charge is 0.254 e. The highest BCUT2D eigenvalue weighted by atomic mass is 14.8. The second-order valence-corrected chi connectivity index (χ2v) is 14.0. The molecule has 3 heterocycles. The molecular formula is C53H35N3. The first-order valence-corrected chi connectivity index (χ1v) is 18.9. The molecule has 0 amide bonds. The Morgan fingerprint density at radius 2 is 0.732 bits per heavy atom. The van der Waals surface area contributed by atoms with Crippen molar-refractivity contribution in [2.45, 2.75) is 0 Å². The van der Waals surface area contributed by atoms with E-state index < -0.39 is 0 Å². The summed E-state index contributed by atoms with van der Waals surface area (Å²) in [6.45, 7) is 0. The van der Waals surface area contributed by atoms with Gasteiger partial charge in [-0.3, -0.25) is 4.98 Å². The lowest BCUT2D eigenvalue weighted by atomic mass is 9.83. The van der Waals surface area contributed by atoms with Gasteiger partial charge in [0.05, 0.1) is 28.1 Å². The molecule has 56 heavy (non-hydrogen) atoms. The number of benzene rings is 7. The second-order valence-electron chi connectivity index (χ2n) is 14.0. The summed E-state index contributed by atoms with van der Waals surface area (Å²) in [6, 6.07) is 72.7. The average molecular weight is 714 g/mol. The molecule has 0 N–H and O–H groups in total. The van der Waals surface area contributed by atoms with Gasteiger partial charge in [0, 0.05) is 50.4 Å². The summed E-state index contributed by atoms with van der Waals surface area (Å²) in [4.78, 5) is 15.4. The van der Waals surface area contributed by atoms with E-state index in [2.05, 4.69) is 205 Å². The van der Waals surface area contributed by atoms with Crippen LogP contribution in [0.15, 0.2) is 212 Å². The number of rotatable bonds is 7. The quantitative estimate of drug-likeness (QED) is 0.154. The van der Waals surface area contributed by atoms with Crippen molar-refractivity contribution in [3.05, 3.63) is 212 Å². The molecular weight excluding hydrogens is 679 g/mol. The van der Waals surface area contributed by atoms with Gasteiger partial charge in [-0.15, -0.1) is 0 Å². The van der Waals surface area contributed by atoms with Crippen molar-refractivity contribution in [1.29, 1.82) is 0 Å². The van der Waals surface area contributed by atoms with E-state index in [0.29, 0.717) is 0 Å². The van der Waals surface area contributed by atoms with Crippen LogP contribution in [0.2, 0.25) is 0 Å². The smallest absolute Gasteiger partial charge is 0.0972 e. The number of nitrogens with zero attached hydrogens (tertiary/aromatic N) is 3. The molecule has 0 saturated heterocycles. The minimum absolute atomic E-state index is 0.917. The van der Waals surface area contributed by atoms with Crippen LogP contribution in [0.25, 0.3) is 100 Å². The Morgan fingerprint density at radius 3 is 1.32 bits per heavy atom. The summed E-state index contributed by atoms with van der Waals surface area (Å²) in [5.74, 6) is 0. The molecule has 262 valence electrons. The fourth-order valence-electron chi connectivity index (χ4n) is 7.83. The maximum absolute atomic E-state index is 5.58. The number of pyridine rings is 3. The van der Waals surface area contributed by atoms with Gasteiger partial charge >= 0.3 is 0 Å². The molecule has 3 heteroatoms. The molecule has 0 fully saturated rings. The molecule has 10 rings (SSSR count). The third kappa shape index (κ3) is 6.12. The highest BCUT2D eigenvalue weighted by molar-refractivity contribution is 6.05. The zero-order valence-electron chi connectivity index (χ0n) is 30.5. The number of hydrogen-bond acceptors (Lipinski definition) is 3. The predicted molar refractivity (Wildman–Crippen MR) is 233 cm³/mol. The maximum Gasteiger partial charge on any atom is 0.0972 e. The van der Waals surface area contributed by atoms with Crippen molar-refractivity contribution in [1.82, 2.24) is 15.0 Å². The number of aromatic nitrogens is 3. The van der Waals surface area contributed by atoms with Gasteiger partial charge in [-0.2, -0.15) is 0 Å². The number of fused-ring (bicyclic) bond motifs is 3. The van der Waals surface area contributed by atoms with Crippen molar-refractivity contribution in [3.8, 4) is 78.3 Å². The van der Waals surface area contributed by atoms with E-state index in [1.54, 1.807) is 0 Å². The van der Waals surface area contributed by atoms with Gasteiger partial charge in [0.15, 0.2) is 0 Å². The van der Waals surface area contributed by atoms with Crippen LogP contribution in [-0.4, -0.2) is 15.0 Å². The standard InChI is InChI=1S/C53H35N3/c1-5-15-37(16-6-1)48-47(49(38-17-7-2-8-18-38)51(41-21-11-4-12-22-41)56-50(48)40-19-9-3-10-20-40)39-28-26-36(27-29-39)44-23-13-24-45(35-44)46-33-32-43-31-30-42-25-14-34-54-52(42)53(43)55-46/h1-35H. The highest BCUT2D eigenvalue weighted by Gasteiger charge is 2.25. The lowest BCUT2D eigenvalue weighted by Crippen LogP contribution is -2.01. The Hall–Kier alpha value is -7.49. The van der Waals surface area contributed by atoms with Gasteiger partial charge in [-0.1, -0.05) is 188 Å². The molecule has 3 nitrogen and oxygen atoms in total. The van der Waals surface area contributed by atoms with Gasteiger partial charge < -0.3 is 0 Å². The Morgan fingerprint density at radius 1 is 0.268 bits per heavy atom. The van der Waals surface area contributed by atoms with Crippen LogP contribution in [0, 0.1) is 0 Å². The zero-order valence-corrected chi connectivity index (χ0v) is 30.5. The summed E-state index contributed by atoms with van der Waals surface area (Å²) in [5, 5.41) is 2.17. The van der Waals surface area contributed by atoms with Crippen molar-refractivity contribution >= 4 is 21.8 Å². The van der Waals surface area contributed by atoms with E-state index >= 15 is 0 Å². The zero-order chi connectivity index (χ0) is 37.3. The summed E-state index contributed by atoms with van der Waals surface area (Å²) < 4.78 is 0. The lowest BCUT2D eigenvalue weighted by Gasteiger charge is -2.23. The second kappa shape index (κ2) is 14.4. The molecule has 3 aromatic heterocycles. The molecule has 0 bridgehead atoms. The molecule has 0 radical (unpaired) electrons. The van der Waals surface area contributed by atoms with E-state index in [9.17, 15) is 0 Å². The van der Waals surface area contributed by atoms with Crippen LogP contribution >= 0.6 is 0 Å². The van der Waals surface area contributed by atoms with Gasteiger partial charge in [0.25, 0.3) is 0 Å². The van der Waals surface area contributed by atoms with E-state index in [1.807, 2.05) is 12.3 Å². The van der Waals surface area contributed by atoms with Crippen LogP contribution in [0.4, 0.5) is 0 Å². The lowest BCUT2D eigenvalue weighted by molar-refractivity contribution is 1.32. The van der Waals surface area contributed by atoms with Gasteiger partial charge in [0.1, 0.15) is 0 Å². The Bertz CT molecular complexity index is 2880. The van der Waals surface area contributed by atoms with Crippen LogP contribution < -0.4 is 0 Å². The summed E-state index contributed by atoms with van der Waals surface area (Å²) >= 11 is 0. The van der Waals surface area contributed by atoms with Crippen LogP contribution in [0.3, 0.4) is 0 Å². The first-order chi connectivity index (χ1) is 27.8. The van der Waals surface area contributed by atoms with E-state index in [1.165, 1.54) is 0 Å². The molecule has 0 aliphatic heterocycles. The average Bonchev–Trinajstić information content (AvgIpc) is 3.29.